The first-order valence-corrected chi connectivity index (χ1v) is 6.47. The van der Waals surface area contributed by atoms with Gasteiger partial charge in [0.05, 0.1) is 5.92 Å². The fourth-order valence-electron chi connectivity index (χ4n) is 2.27. The quantitative estimate of drug-likeness (QED) is 0.852. The molecule has 1 aromatic rings. The summed E-state index contributed by atoms with van der Waals surface area (Å²) < 4.78 is 0. The molecule has 2 rings (SSSR count). The number of carbonyl (C=O) groups excluding carboxylic acids is 1. The van der Waals surface area contributed by atoms with Gasteiger partial charge in [-0.3, -0.25) is 9.59 Å². The van der Waals surface area contributed by atoms with Gasteiger partial charge in [0.1, 0.15) is 0 Å². The highest BCUT2D eigenvalue weighted by molar-refractivity contribution is 5.83. The van der Waals surface area contributed by atoms with Crippen molar-refractivity contribution in [3.8, 4) is 0 Å². The minimum absolute atomic E-state index is 0.0257. The average molecular weight is 261 g/mol. The van der Waals surface area contributed by atoms with Crippen molar-refractivity contribution in [2.24, 2.45) is 11.3 Å². The second kappa shape index (κ2) is 5.03. The van der Waals surface area contributed by atoms with E-state index < -0.39 is 11.9 Å². The van der Waals surface area contributed by atoms with Crippen LogP contribution < -0.4 is 5.32 Å². The number of aliphatic carboxylic acids is 1. The molecule has 2 unspecified atom stereocenters. The van der Waals surface area contributed by atoms with Crippen LogP contribution in [0.4, 0.5) is 0 Å². The van der Waals surface area contributed by atoms with E-state index >= 15 is 0 Å². The second-order valence-corrected chi connectivity index (χ2v) is 5.79. The third kappa shape index (κ3) is 3.13. The molecule has 2 atom stereocenters. The Kier molecular flexibility index (Phi) is 3.60. The van der Waals surface area contributed by atoms with Crippen LogP contribution in [-0.2, 0) is 9.59 Å². The van der Waals surface area contributed by atoms with Gasteiger partial charge in [-0.25, -0.2) is 0 Å². The van der Waals surface area contributed by atoms with Crippen LogP contribution in [0.5, 0.6) is 0 Å². The van der Waals surface area contributed by atoms with E-state index in [0.717, 1.165) is 6.42 Å². The third-order valence-electron chi connectivity index (χ3n) is 3.81. The number of carboxylic acid groups (broad SMARTS) is 1. The van der Waals surface area contributed by atoms with Crippen LogP contribution in [0, 0.1) is 11.3 Å². The molecule has 0 aliphatic heterocycles. The molecule has 4 heteroatoms. The smallest absolute Gasteiger partial charge is 0.312 e. The fraction of sp³-hybridized carbons (Fsp3) is 0.467. The van der Waals surface area contributed by atoms with Crippen molar-refractivity contribution >= 4 is 11.9 Å². The first-order chi connectivity index (χ1) is 8.92. The summed E-state index contributed by atoms with van der Waals surface area (Å²) in [6.45, 7) is 4.23. The minimum Gasteiger partial charge on any atom is -0.481 e. The van der Waals surface area contributed by atoms with Gasteiger partial charge in [-0.2, -0.15) is 0 Å². The number of hydrogen-bond acceptors (Lipinski definition) is 2. The van der Waals surface area contributed by atoms with Gasteiger partial charge in [-0.1, -0.05) is 44.2 Å². The highest BCUT2D eigenvalue weighted by Crippen LogP contribution is 2.51. The lowest BCUT2D eigenvalue weighted by Gasteiger charge is -2.14. The first-order valence-electron chi connectivity index (χ1n) is 6.47. The number of hydrogen-bond donors (Lipinski definition) is 2. The lowest BCUT2D eigenvalue weighted by molar-refractivity contribution is -0.138. The van der Waals surface area contributed by atoms with Crippen LogP contribution in [0.25, 0.3) is 0 Å². The molecule has 0 aromatic heterocycles. The van der Waals surface area contributed by atoms with E-state index in [2.05, 4.69) is 5.32 Å². The molecule has 1 aliphatic rings. The predicted molar refractivity (Wildman–Crippen MR) is 71.7 cm³/mol. The summed E-state index contributed by atoms with van der Waals surface area (Å²) in [5, 5.41) is 12.0. The Labute approximate surface area is 112 Å². The van der Waals surface area contributed by atoms with Crippen molar-refractivity contribution < 1.29 is 14.7 Å². The van der Waals surface area contributed by atoms with E-state index in [0.29, 0.717) is 5.56 Å². The van der Waals surface area contributed by atoms with Crippen LogP contribution in [0.3, 0.4) is 0 Å². The maximum absolute atomic E-state index is 11.9. The number of carbonyl (C=O) groups is 2. The predicted octanol–water partition coefficient (Wildman–Crippen LogP) is 2.02. The van der Waals surface area contributed by atoms with Crippen molar-refractivity contribution in [3.63, 3.8) is 0 Å². The van der Waals surface area contributed by atoms with Crippen LogP contribution in [-0.4, -0.2) is 23.5 Å². The zero-order valence-corrected chi connectivity index (χ0v) is 11.2. The van der Waals surface area contributed by atoms with Crippen LogP contribution in [0.15, 0.2) is 30.3 Å². The third-order valence-corrected chi connectivity index (χ3v) is 3.81. The van der Waals surface area contributed by atoms with Crippen molar-refractivity contribution in [3.05, 3.63) is 35.9 Å². The number of benzene rings is 1. The van der Waals surface area contributed by atoms with Gasteiger partial charge in [-0.05, 0) is 17.4 Å². The lowest BCUT2D eigenvalue weighted by atomic mass is 9.99. The largest absolute Gasteiger partial charge is 0.481 e. The number of nitrogens with one attached hydrogen (secondary N) is 1. The second-order valence-electron chi connectivity index (χ2n) is 5.79. The normalized spacial score (nSPS) is 21.5. The highest BCUT2D eigenvalue weighted by Gasteiger charge is 2.50. The SMILES string of the molecule is CC1(C)CC1C(=O)NCC(C(=O)O)c1ccccc1. The zero-order valence-electron chi connectivity index (χ0n) is 11.2. The van der Waals surface area contributed by atoms with E-state index in [1.807, 2.05) is 19.9 Å². The Balaban J connectivity index is 1.96. The molecule has 4 nitrogen and oxygen atoms in total. The molecule has 1 fully saturated rings. The summed E-state index contributed by atoms with van der Waals surface area (Å²) in [4.78, 5) is 23.1. The number of rotatable bonds is 5. The summed E-state index contributed by atoms with van der Waals surface area (Å²) >= 11 is 0. The molecular weight excluding hydrogens is 242 g/mol. The van der Waals surface area contributed by atoms with Crippen molar-refractivity contribution in [1.82, 2.24) is 5.32 Å². The monoisotopic (exact) mass is 261 g/mol. The molecule has 0 heterocycles. The molecule has 102 valence electrons. The summed E-state index contributed by atoms with van der Waals surface area (Å²) in [5.41, 5.74) is 0.778. The van der Waals surface area contributed by atoms with Crippen LogP contribution >= 0.6 is 0 Å². The fourth-order valence-corrected chi connectivity index (χ4v) is 2.27. The standard InChI is InChI=1S/C15H19NO3/c1-15(2)8-12(15)13(17)16-9-11(14(18)19)10-6-4-3-5-7-10/h3-7,11-12H,8-9H2,1-2H3,(H,16,17)(H,18,19). The van der Waals surface area contributed by atoms with E-state index in [1.54, 1.807) is 24.3 Å². The maximum Gasteiger partial charge on any atom is 0.312 e. The topological polar surface area (TPSA) is 66.4 Å². The molecule has 0 spiro atoms. The summed E-state index contributed by atoms with van der Waals surface area (Å²) in [6.07, 6.45) is 0.877. The molecule has 1 aliphatic carbocycles. The van der Waals surface area contributed by atoms with Gasteiger partial charge in [0.25, 0.3) is 0 Å². The van der Waals surface area contributed by atoms with Gasteiger partial charge in [-0.15, -0.1) is 0 Å². The first kappa shape index (κ1) is 13.6. The molecule has 0 bridgehead atoms. The van der Waals surface area contributed by atoms with Crippen molar-refractivity contribution in [2.45, 2.75) is 26.2 Å². The van der Waals surface area contributed by atoms with Gasteiger partial charge in [0.15, 0.2) is 0 Å². The van der Waals surface area contributed by atoms with E-state index in [9.17, 15) is 14.7 Å². The number of carboxylic acids is 1. The number of amides is 1. The van der Waals surface area contributed by atoms with Crippen molar-refractivity contribution in [2.75, 3.05) is 6.54 Å². The molecule has 1 aromatic carbocycles. The Morgan fingerprint density at radius 3 is 2.42 bits per heavy atom. The van der Waals surface area contributed by atoms with Gasteiger partial charge in [0.2, 0.25) is 5.91 Å². The van der Waals surface area contributed by atoms with E-state index in [1.165, 1.54) is 0 Å². The summed E-state index contributed by atoms with van der Waals surface area (Å²) in [6, 6.07) is 8.99. The average Bonchev–Trinajstić information content (AvgIpc) is 2.99. The molecule has 0 radical (unpaired) electrons. The van der Waals surface area contributed by atoms with Gasteiger partial charge < -0.3 is 10.4 Å². The van der Waals surface area contributed by atoms with E-state index in [4.69, 9.17) is 0 Å². The summed E-state index contributed by atoms with van der Waals surface area (Å²) in [7, 11) is 0. The molecule has 2 N–H and O–H groups in total. The highest BCUT2D eigenvalue weighted by atomic mass is 16.4. The molecule has 1 saturated carbocycles. The Morgan fingerprint density at radius 2 is 1.95 bits per heavy atom. The van der Waals surface area contributed by atoms with Gasteiger partial charge >= 0.3 is 5.97 Å². The Hall–Kier alpha value is -1.84. The summed E-state index contributed by atoms with van der Waals surface area (Å²) in [5.74, 6) is -1.61. The zero-order chi connectivity index (χ0) is 14.0. The van der Waals surface area contributed by atoms with Crippen LogP contribution in [0.2, 0.25) is 0 Å². The van der Waals surface area contributed by atoms with Crippen LogP contribution in [0.1, 0.15) is 31.7 Å². The van der Waals surface area contributed by atoms with Gasteiger partial charge in [0, 0.05) is 12.5 Å². The molecule has 19 heavy (non-hydrogen) atoms. The maximum atomic E-state index is 11.9. The molecule has 0 saturated heterocycles. The Bertz CT molecular complexity index is 481. The van der Waals surface area contributed by atoms with Crippen molar-refractivity contribution in [1.29, 1.82) is 0 Å². The minimum atomic E-state index is -0.915. The van der Waals surface area contributed by atoms with E-state index in [-0.39, 0.29) is 23.8 Å². The Morgan fingerprint density at radius 1 is 1.37 bits per heavy atom. The molecule has 1 amide bonds. The molecular formula is C15H19NO3. The lowest BCUT2D eigenvalue weighted by Crippen LogP contribution is -2.33.